The zero-order valence-corrected chi connectivity index (χ0v) is 24.4. The van der Waals surface area contributed by atoms with Crippen LogP contribution in [0.15, 0.2) is 77.1 Å². The quantitative estimate of drug-likeness (QED) is 0.219. The third-order valence-corrected chi connectivity index (χ3v) is 9.21. The van der Waals surface area contributed by atoms with Gasteiger partial charge in [0.2, 0.25) is 15.9 Å². The van der Waals surface area contributed by atoms with Gasteiger partial charge in [0, 0.05) is 36.7 Å². The Labute approximate surface area is 239 Å². The van der Waals surface area contributed by atoms with E-state index in [4.69, 9.17) is 14.2 Å². The summed E-state index contributed by atoms with van der Waals surface area (Å²) < 4.78 is 44.9. The molecule has 0 fully saturated rings. The summed E-state index contributed by atoms with van der Waals surface area (Å²) in [7, 11) is 0.598. The molecule has 1 amide bonds. The molecule has 11 heteroatoms. The first-order chi connectivity index (χ1) is 19.4. The van der Waals surface area contributed by atoms with Crippen LogP contribution < -0.4 is 9.47 Å². The van der Waals surface area contributed by atoms with Crippen molar-refractivity contribution in [3.05, 3.63) is 82.7 Å². The number of pyridine rings is 1. The highest BCUT2D eigenvalue weighted by atomic mass is 32.2. The molecule has 2 heterocycles. The number of para-hydroxylation sites is 1. The molecule has 0 saturated heterocycles. The normalized spacial score (nSPS) is 11.6. The molecule has 0 unspecified atom stereocenters. The predicted molar refractivity (Wildman–Crippen MR) is 155 cm³/mol. The topological polar surface area (TPSA) is 98.3 Å². The third-order valence-electron chi connectivity index (χ3n) is 6.47. The number of ether oxygens (including phenoxy) is 3. The summed E-state index contributed by atoms with van der Waals surface area (Å²) in [5.41, 5.74) is 1.33. The van der Waals surface area contributed by atoms with E-state index in [1.54, 1.807) is 48.8 Å². The summed E-state index contributed by atoms with van der Waals surface area (Å²) in [5, 5.41) is 2.66. The standard InChI is InChI=1S/C29H33N3O6S2/c1-36-17-16-32(40(34,35)27-10-4-7-23-8-5-14-30-29(23)27)21-28(33)31(20-24-9-6-18-39-24)15-13-22-11-12-25(37-2)26(19-22)38-3/h4-12,14,18-19H,13,15-17,20-21H2,1-3H3. The Morgan fingerprint density at radius 3 is 2.48 bits per heavy atom. The Bertz CT molecular complexity index is 1520. The Kier molecular flexibility index (Phi) is 10.1. The number of carbonyl (C=O) groups excluding carboxylic acids is 1. The molecule has 4 aromatic rings. The lowest BCUT2D eigenvalue weighted by atomic mass is 10.1. The number of aromatic nitrogens is 1. The zero-order chi connectivity index (χ0) is 28.5. The molecule has 4 rings (SSSR count). The van der Waals surface area contributed by atoms with E-state index < -0.39 is 10.0 Å². The number of benzene rings is 2. The van der Waals surface area contributed by atoms with Crippen LogP contribution in [0.3, 0.4) is 0 Å². The fourth-order valence-electron chi connectivity index (χ4n) is 4.33. The highest BCUT2D eigenvalue weighted by Gasteiger charge is 2.30. The second kappa shape index (κ2) is 13.7. The Balaban J connectivity index is 1.59. The maximum atomic E-state index is 13.9. The summed E-state index contributed by atoms with van der Waals surface area (Å²) in [6.07, 6.45) is 2.11. The summed E-state index contributed by atoms with van der Waals surface area (Å²) >= 11 is 1.55. The van der Waals surface area contributed by atoms with Crippen molar-refractivity contribution in [1.29, 1.82) is 0 Å². The van der Waals surface area contributed by atoms with Gasteiger partial charge in [-0.1, -0.05) is 30.3 Å². The molecule has 212 valence electrons. The lowest BCUT2D eigenvalue weighted by molar-refractivity contribution is -0.132. The first-order valence-electron chi connectivity index (χ1n) is 12.7. The van der Waals surface area contributed by atoms with Gasteiger partial charge in [-0.3, -0.25) is 9.78 Å². The van der Waals surface area contributed by atoms with E-state index in [1.807, 2.05) is 47.8 Å². The minimum atomic E-state index is -4.06. The highest BCUT2D eigenvalue weighted by molar-refractivity contribution is 7.89. The van der Waals surface area contributed by atoms with E-state index >= 15 is 0 Å². The lowest BCUT2D eigenvalue weighted by Gasteiger charge is -2.27. The van der Waals surface area contributed by atoms with Crippen LogP contribution in [0, 0.1) is 0 Å². The van der Waals surface area contributed by atoms with Crippen molar-refractivity contribution in [1.82, 2.24) is 14.2 Å². The molecule has 0 aliphatic rings. The molecule has 0 saturated carbocycles. The second-order valence-corrected chi connectivity index (χ2v) is 11.9. The Hall–Kier alpha value is -3.51. The fourth-order valence-corrected chi connectivity index (χ4v) is 6.59. The summed E-state index contributed by atoms with van der Waals surface area (Å²) in [5.74, 6) is 0.929. The molecule has 0 aliphatic heterocycles. The smallest absolute Gasteiger partial charge is 0.245 e. The van der Waals surface area contributed by atoms with Crippen molar-refractivity contribution in [3.8, 4) is 11.5 Å². The number of methoxy groups -OCH3 is 3. The van der Waals surface area contributed by atoms with E-state index in [1.165, 1.54) is 17.5 Å². The number of rotatable bonds is 14. The van der Waals surface area contributed by atoms with E-state index in [9.17, 15) is 13.2 Å². The molecule has 2 aromatic carbocycles. The first-order valence-corrected chi connectivity index (χ1v) is 15.0. The van der Waals surface area contributed by atoms with Crippen LogP contribution in [0.2, 0.25) is 0 Å². The predicted octanol–water partition coefficient (Wildman–Crippen LogP) is 4.22. The van der Waals surface area contributed by atoms with Gasteiger partial charge in [0.1, 0.15) is 4.90 Å². The monoisotopic (exact) mass is 583 g/mol. The van der Waals surface area contributed by atoms with Crippen molar-refractivity contribution in [2.24, 2.45) is 0 Å². The first kappa shape index (κ1) is 29.5. The van der Waals surface area contributed by atoms with Crippen LogP contribution in [-0.2, 0) is 32.5 Å². The van der Waals surface area contributed by atoms with E-state index in [0.29, 0.717) is 41.9 Å². The number of fused-ring (bicyclic) bond motifs is 1. The van der Waals surface area contributed by atoms with Gasteiger partial charge >= 0.3 is 0 Å². The van der Waals surface area contributed by atoms with Crippen LogP contribution in [0.4, 0.5) is 0 Å². The summed E-state index contributed by atoms with van der Waals surface area (Å²) in [4.78, 5) is 20.8. The van der Waals surface area contributed by atoms with Crippen molar-refractivity contribution in [2.45, 2.75) is 17.9 Å². The minimum Gasteiger partial charge on any atom is -0.493 e. The zero-order valence-electron chi connectivity index (χ0n) is 22.8. The molecular weight excluding hydrogens is 550 g/mol. The van der Waals surface area contributed by atoms with Crippen LogP contribution in [0.5, 0.6) is 11.5 Å². The highest BCUT2D eigenvalue weighted by Crippen LogP contribution is 2.28. The molecule has 0 atom stereocenters. The fraction of sp³-hybridized carbons (Fsp3) is 0.310. The second-order valence-electron chi connectivity index (χ2n) is 9.00. The molecule has 0 radical (unpaired) electrons. The molecule has 9 nitrogen and oxygen atoms in total. The number of sulfonamides is 1. The number of nitrogens with zero attached hydrogens (tertiary/aromatic N) is 3. The molecular formula is C29H33N3O6S2. The Morgan fingerprint density at radius 1 is 0.950 bits per heavy atom. The van der Waals surface area contributed by atoms with Crippen molar-refractivity contribution in [3.63, 3.8) is 0 Å². The molecule has 0 aliphatic carbocycles. The molecule has 2 aromatic heterocycles. The lowest BCUT2D eigenvalue weighted by Crippen LogP contribution is -2.44. The van der Waals surface area contributed by atoms with E-state index in [-0.39, 0.29) is 30.5 Å². The third kappa shape index (κ3) is 6.97. The number of hydrogen-bond donors (Lipinski definition) is 0. The van der Waals surface area contributed by atoms with Gasteiger partial charge in [-0.2, -0.15) is 4.31 Å². The van der Waals surface area contributed by atoms with Gasteiger partial charge in [0.05, 0.1) is 39.4 Å². The number of carbonyl (C=O) groups is 1. The van der Waals surface area contributed by atoms with Crippen LogP contribution in [0.25, 0.3) is 10.9 Å². The van der Waals surface area contributed by atoms with Crippen molar-refractivity contribution in [2.75, 3.05) is 47.6 Å². The maximum Gasteiger partial charge on any atom is 0.245 e. The molecule has 0 bridgehead atoms. The van der Waals surface area contributed by atoms with Gasteiger partial charge in [0.25, 0.3) is 0 Å². The van der Waals surface area contributed by atoms with Crippen LogP contribution >= 0.6 is 11.3 Å². The molecule has 40 heavy (non-hydrogen) atoms. The average Bonchev–Trinajstić information content (AvgIpc) is 3.49. The summed E-state index contributed by atoms with van der Waals surface area (Å²) in [6, 6.07) is 18.1. The SMILES string of the molecule is COCCN(CC(=O)N(CCc1ccc(OC)c(OC)c1)Cc1cccs1)S(=O)(=O)c1cccc2cccnc12. The van der Waals surface area contributed by atoms with Gasteiger partial charge in [0.15, 0.2) is 11.5 Å². The minimum absolute atomic E-state index is 0.0241. The Morgan fingerprint density at radius 2 is 1.75 bits per heavy atom. The largest absolute Gasteiger partial charge is 0.493 e. The molecule has 0 N–H and O–H groups in total. The summed E-state index contributed by atoms with van der Waals surface area (Å²) in [6.45, 7) is 0.599. The van der Waals surface area contributed by atoms with Gasteiger partial charge < -0.3 is 19.1 Å². The molecule has 0 spiro atoms. The van der Waals surface area contributed by atoms with E-state index in [0.717, 1.165) is 10.4 Å². The van der Waals surface area contributed by atoms with Crippen molar-refractivity contribution < 1.29 is 27.4 Å². The average molecular weight is 584 g/mol. The number of thiophene rings is 1. The van der Waals surface area contributed by atoms with Crippen molar-refractivity contribution >= 4 is 38.2 Å². The van der Waals surface area contributed by atoms with Crippen LogP contribution in [-0.4, -0.2) is 76.1 Å². The van der Waals surface area contributed by atoms with Gasteiger partial charge in [-0.25, -0.2) is 8.42 Å². The van der Waals surface area contributed by atoms with Gasteiger partial charge in [-0.05, 0) is 47.7 Å². The maximum absolute atomic E-state index is 13.9. The van der Waals surface area contributed by atoms with Gasteiger partial charge in [-0.15, -0.1) is 11.3 Å². The van der Waals surface area contributed by atoms with Crippen LogP contribution in [0.1, 0.15) is 10.4 Å². The van der Waals surface area contributed by atoms with E-state index in [2.05, 4.69) is 4.98 Å². The number of hydrogen-bond acceptors (Lipinski definition) is 8. The number of amides is 1.